The van der Waals surface area contributed by atoms with Gasteiger partial charge in [0.1, 0.15) is 0 Å². The zero-order valence-corrected chi connectivity index (χ0v) is 23.4. The number of aromatic amines is 1. The van der Waals surface area contributed by atoms with E-state index in [9.17, 15) is 5.26 Å². The van der Waals surface area contributed by atoms with Gasteiger partial charge in [-0.3, -0.25) is 0 Å². The number of benzene rings is 5. The second-order valence-corrected chi connectivity index (χ2v) is 10.4. The lowest BCUT2D eigenvalue weighted by atomic mass is 9.91. The number of aliphatic imine (C=N–C) groups is 1. The third-order valence-electron chi connectivity index (χ3n) is 7.70. The summed E-state index contributed by atoms with van der Waals surface area (Å²) in [5, 5.41) is 9.57. The van der Waals surface area contributed by atoms with E-state index in [1.165, 1.54) is 0 Å². The van der Waals surface area contributed by atoms with Crippen LogP contribution in [0.3, 0.4) is 0 Å². The number of hydrogen-bond acceptors (Lipinski definition) is 2. The van der Waals surface area contributed by atoms with Gasteiger partial charge in [-0.2, -0.15) is 5.26 Å². The van der Waals surface area contributed by atoms with Crippen molar-refractivity contribution < 1.29 is 0 Å². The minimum Gasteiger partial charge on any atom is -0.354 e. The first-order valence-corrected chi connectivity index (χ1v) is 14.3. The number of hydrogen-bond donors (Lipinski definition) is 1. The fourth-order valence-electron chi connectivity index (χ4n) is 5.58. The number of rotatable bonds is 6. The number of H-pyrrole nitrogens is 1. The Hall–Kier alpha value is -5.98. The number of nitriles is 1. The van der Waals surface area contributed by atoms with Crippen LogP contribution in [0.2, 0.25) is 0 Å². The minimum absolute atomic E-state index is 0.617. The van der Waals surface area contributed by atoms with Gasteiger partial charge in [-0.15, -0.1) is 0 Å². The van der Waals surface area contributed by atoms with Crippen LogP contribution in [0.15, 0.2) is 168 Å². The second kappa shape index (κ2) is 11.5. The summed E-state index contributed by atoms with van der Waals surface area (Å²) in [5.74, 6) is 0. The van der Waals surface area contributed by atoms with E-state index in [0.29, 0.717) is 5.56 Å². The van der Waals surface area contributed by atoms with Crippen molar-refractivity contribution in [3.8, 4) is 28.5 Å². The first kappa shape index (κ1) is 26.0. The summed E-state index contributed by atoms with van der Waals surface area (Å²) < 4.78 is 0. The van der Waals surface area contributed by atoms with E-state index in [-0.39, 0.29) is 0 Å². The standard InChI is InChI=1S/C40H27N3/c41-27-28-21-23-33(24-22-28)38(39-34(29-13-5-1-6-14-29)25-36(42-39)31-17-9-3-10-18-31)40-35(30-15-7-2-8-16-30)26-37(43-40)32-19-11-4-12-20-32/h1-26,42H/b40-38-. The van der Waals surface area contributed by atoms with Crippen LogP contribution in [0, 0.1) is 11.3 Å². The zero-order chi connectivity index (χ0) is 29.0. The maximum absolute atomic E-state index is 9.57. The van der Waals surface area contributed by atoms with Crippen LogP contribution in [0.5, 0.6) is 0 Å². The Labute approximate surface area is 251 Å². The zero-order valence-electron chi connectivity index (χ0n) is 23.4. The molecule has 0 bridgehead atoms. The van der Waals surface area contributed by atoms with Crippen molar-refractivity contribution in [2.75, 3.05) is 0 Å². The molecule has 0 saturated heterocycles. The predicted molar refractivity (Wildman–Crippen MR) is 176 cm³/mol. The fourth-order valence-corrected chi connectivity index (χ4v) is 5.58. The molecule has 5 aromatic carbocycles. The Bertz CT molecular complexity index is 2020. The first-order valence-electron chi connectivity index (χ1n) is 14.3. The van der Waals surface area contributed by atoms with Gasteiger partial charge < -0.3 is 4.98 Å². The van der Waals surface area contributed by atoms with E-state index in [0.717, 1.165) is 67.3 Å². The van der Waals surface area contributed by atoms with Gasteiger partial charge in [-0.25, -0.2) is 4.99 Å². The molecule has 0 saturated carbocycles. The predicted octanol–water partition coefficient (Wildman–Crippen LogP) is 9.57. The molecule has 0 amide bonds. The summed E-state index contributed by atoms with van der Waals surface area (Å²) in [6, 6.07) is 53.9. The number of nitrogens with zero attached hydrogens (tertiary/aromatic N) is 2. The topological polar surface area (TPSA) is 51.9 Å². The number of nitrogens with one attached hydrogen (secondary N) is 1. The highest BCUT2D eigenvalue weighted by molar-refractivity contribution is 6.20. The minimum atomic E-state index is 0.617. The normalized spacial score (nSPS) is 13.7. The fraction of sp³-hybridized carbons (Fsp3) is 0. The van der Waals surface area contributed by atoms with Crippen LogP contribution < -0.4 is 0 Å². The van der Waals surface area contributed by atoms with Crippen molar-refractivity contribution in [2.45, 2.75) is 0 Å². The largest absolute Gasteiger partial charge is 0.354 e. The van der Waals surface area contributed by atoms with Gasteiger partial charge in [0, 0.05) is 28.0 Å². The smallest absolute Gasteiger partial charge is 0.0991 e. The van der Waals surface area contributed by atoms with E-state index in [1.54, 1.807) is 0 Å². The summed E-state index contributed by atoms with van der Waals surface area (Å²) in [4.78, 5) is 9.16. The molecule has 3 heteroatoms. The summed E-state index contributed by atoms with van der Waals surface area (Å²) in [6.45, 7) is 0. The summed E-state index contributed by atoms with van der Waals surface area (Å²) >= 11 is 0. The molecular formula is C40H27N3. The molecule has 0 atom stereocenters. The van der Waals surface area contributed by atoms with Crippen molar-refractivity contribution in [1.82, 2.24) is 4.98 Å². The van der Waals surface area contributed by atoms with Crippen LogP contribution in [-0.2, 0) is 0 Å². The van der Waals surface area contributed by atoms with Gasteiger partial charge in [0.05, 0.1) is 28.7 Å². The molecular weight excluding hydrogens is 522 g/mol. The summed E-state index contributed by atoms with van der Waals surface area (Å²) in [5.41, 5.74) is 12.9. The van der Waals surface area contributed by atoms with Gasteiger partial charge >= 0.3 is 0 Å². The Balaban J connectivity index is 1.56. The van der Waals surface area contributed by atoms with Crippen molar-refractivity contribution in [1.29, 1.82) is 5.26 Å². The molecule has 0 fully saturated rings. The lowest BCUT2D eigenvalue weighted by Crippen LogP contribution is -1.98. The second-order valence-electron chi connectivity index (χ2n) is 10.4. The Morgan fingerprint density at radius 1 is 0.581 bits per heavy atom. The Kier molecular flexibility index (Phi) is 6.93. The maximum Gasteiger partial charge on any atom is 0.0991 e. The molecule has 1 aromatic heterocycles. The molecule has 2 heterocycles. The monoisotopic (exact) mass is 549 g/mol. The van der Waals surface area contributed by atoms with Gasteiger partial charge in [0.25, 0.3) is 0 Å². The Morgan fingerprint density at radius 2 is 1.12 bits per heavy atom. The van der Waals surface area contributed by atoms with E-state index in [4.69, 9.17) is 4.99 Å². The van der Waals surface area contributed by atoms with E-state index in [2.05, 4.69) is 108 Å². The van der Waals surface area contributed by atoms with Crippen molar-refractivity contribution in [3.63, 3.8) is 0 Å². The number of allylic oxidation sites excluding steroid dienone is 2. The molecule has 0 aliphatic carbocycles. The summed E-state index contributed by atoms with van der Waals surface area (Å²) in [6.07, 6.45) is 2.19. The molecule has 0 spiro atoms. The van der Waals surface area contributed by atoms with Crippen molar-refractivity contribution in [2.24, 2.45) is 4.99 Å². The van der Waals surface area contributed by atoms with Crippen molar-refractivity contribution in [3.05, 3.63) is 191 Å². The van der Waals surface area contributed by atoms with Gasteiger partial charge in [-0.1, -0.05) is 133 Å². The molecule has 202 valence electrons. The third kappa shape index (κ3) is 5.14. The van der Waals surface area contributed by atoms with Crippen LogP contribution in [0.4, 0.5) is 0 Å². The van der Waals surface area contributed by atoms with Crippen LogP contribution in [0.1, 0.15) is 27.9 Å². The van der Waals surface area contributed by atoms with Crippen LogP contribution in [-0.4, -0.2) is 10.7 Å². The average molecular weight is 550 g/mol. The molecule has 0 radical (unpaired) electrons. The number of aromatic nitrogens is 1. The van der Waals surface area contributed by atoms with Crippen LogP contribution in [0.25, 0.3) is 33.5 Å². The maximum atomic E-state index is 9.57. The average Bonchev–Trinajstić information content (AvgIpc) is 3.73. The Morgan fingerprint density at radius 3 is 1.70 bits per heavy atom. The van der Waals surface area contributed by atoms with Crippen molar-refractivity contribution >= 4 is 16.9 Å². The lowest BCUT2D eigenvalue weighted by molar-refractivity contribution is 1.31. The summed E-state index contributed by atoms with van der Waals surface area (Å²) in [7, 11) is 0. The molecule has 43 heavy (non-hydrogen) atoms. The SMILES string of the molecule is N#Cc1ccc(/C(=C2/N=C(c3ccccc3)C=C2c2ccccc2)c2[nH]c(-c3ccccc3)cc2-c2ccccc2)cc1. The molecule has 1 N–H and O–H groups in total. The highest BCUT2D eigenvalue weighted by Gasteiger charge is 2.26. The highest BCUT2D eigenvalue weighted by atomic mass is 14.8. The van der Waals surface area contributed by atoms with Gasteiger partial charge in [-0.05, 0) is 46.5 Å². The van der Waals surface area contributed by atoms with E-state index in [1.807, 2.05) is 60.7 Å². The van der Waals surface area contributed by atoms with Crippen LogP contribution >= 0.6 is 0 Å². The molecule has 3 nitrogen and oxygen atoms in total. The van der Waals surface area contributed by atoms with E-state index < -0.39 is 0 Å². The van der Waals surface area contributed by atoms with Gasteiger partial charge in [0.15, 0.2) is 0 Å². The molecule has 7 rings (SSSR count). The van der Waals surface area contributed by atoms with Gasteiger partial charge in [0.2, 0.25) is 0 Å². The quantitative estimate of drug-likeness (QED) is 0.221. The molecule has 6 aromatic rings. The molecule has 1 aliphatic heterocycles. The van der Waals surface area contributed by atoms with E-state index >= 15 is 0 Å². The first-order chi connectivity index (χ1) is 21.3. The lowest BCUT2D eigenvalue weighted by Gasteiger charge is -2.15. The molecule has 1 aliphatic rings. The highest BCUT2D eigenvalue weighted by Crippen LogP contribution is 2.43. The third-order valence-corrected chi connectivity index (χ3v) is 7.70. The molecule has 0 unspecified atom stereocenters.